The van der Waals surface area contributed by atoms with E-state index in [0.29, 0.717) is 12.0 Å². The van der Waals surface area contributed by atoms with Gasteiger partial charge in [-0.2, -0.15) is 15.4 Å². The van der Waals surface area contributed by atoms with E-state index in [0.717, 1.165) is 18.5 Å². The predicted octanol–water partition coefficient (Wildman–Crippen LogP) is 0.00940. The molecule has 1 aromatic heterocycles. The van der Waals surface area contributed by atoms with Crippen molar-refractivity contribution in [2.75, 3.05) is 0 Å². The molecule has 1 aliphatic carbocycles. The van der Waals surface area contributed by atoms with Crippen LogP contribution >= 0.6 is 0 Å². The Morgan fingerprint density at radius 1 is 1.60 bits per heavy atom. The molecule has 0 radical (unpaired) electrons. The third-order valence-electron chi connectivity index (χ3n) is 2.14. The summed E-state index contributed by atoms with van der Waals surface area (Å²) in [5, 5.41) is 10.3. The summed E-state index contributed by atoms with van der Waals surface area (Å²) in [7, 11) is 0. The van der Waals surface area contributed by atoms with E-state index in [4.69, 9.17) is 5.73 Å². The van der Waals surface area contributed by atoms with Crippen molar-refractivity contribution in [2.24, 2.45) is 5.73 Å². The average Bonchev–Trinajstić information content (AvgIpc) is 2.37. The summed E-state index contributed by atoms with van der Waals surface area (Å²) in [6.45, 7) is 0. The monoisotopic (exact) mass is 138 g/mol. The first kappa shape index (κ1) is 5.85. The lowest BCUT2D eigenvalue weighted by atomic mass is 9.78. The molecule has 0 saturated heterocycles. The fourth-order valence-electron chi connectivity index (χ4n) is 1.28. The van der Waals surface area contributed by atoms with Gasteiger partial charge in [-0.25, -0.2) is 0 Å². The molecule has 54 valence electrons. The van der Waals surface area contributed by atoms with Gasteiger partial charge in [0.15, 0.2) is 0 Å². The molecule has 0 aliphatic heterocycles. The van der Waals surface area contributed by atoms with Crippen molar-refractivity contribution in [3.8, 4) is 0 Å². The summed E-state index contributed by atoms with van der Waals surface area (Å²) >= 11 is 0. The minimum atomic E-state index is 0.310. The number of nitrogens with one attached hydrogen (secondary N) is 1. The highest BCUT2D eigenvalue weighted by Gasteiger charge is 2.30. The summed E-state index contributed by atoms with van der Waals surface area (Å²) in [5.41, 5.74) is 6.74. The van der Waals surface area contributed by atoms with Gasteiger partial charge < -0.3 is 5.73 Å². The Hall–Kier alpha value is -0.900. The number of rotatable bonds is 1. The van der Waals surface area contributed by atoms with Crippen LogP contribution in [0.3, 0.4) is 0 Å². The first-order valence-electron chi connectivity index (χ1n) is 3.49. The number of aromatic nitrogens is 3. The number of H-pyrrole nitrogens is 1. The van der Waals surface area contributed by atoms with Crippen LogP contribution in [0.1, 0.15) is 24.5 Å². The van der Waals surface area contributed by atoms with Crippen LogP contribution in [0.2, 0.25) is 0 Å². The molecule has 0 unspecified atom stereocenters. The first-order chi connectivity index (χ1) is 4.88. The minimum absolute atomic E-state index is 0.310. The van der Waals surface area contributed by atoms with Crippen LogP contribution in [0.5, 0.6) is 0 Å². The molecule has 0 aromatic carbocycles. The third-order valence-corrected chi connectivity index (χ3v) is 2.14. The maximum Gasteiger partial charge on any atom is 0.0870 e. The lowest BCUT2D eigenvalue weighted by Crippen LogP contribution is -2.37. The maximum absolute atomic E-state index is 5.73. The summed E-state index contributed by atoms with van der Waals surface area (Å²) in [6.07, 6.45) is 4.04. The zero-order chi connectivity index (χ0) is 6.97. The van der Waals surface area contributed by atoms with Gasteiger partial charge in [-0.05, 0) is 12.8 Å². The molecule has 1 saturated carbocycles. The lowest BCUT2D eigenvalue weighted by molar-refractivity contribution is 0.340. The van der Waals surface area contributed by atoms with Crippen molar-refractivity contribution in [1.82, 2.24) is 15.4 Å². The number of aromatic amines is 1. The summed E-state index contributed by atoms with van der Waals surface area (Å²) < 4.78 is 0. The molecule has 4 heteroatoms. The first-order valence-corrected chi connectivity index (χ1v) is 3.49. The Bertz CT molecular complexity index is 206. The third kappa shape index (κ3) is 0.724. The van der Waals surface area contributed by atoms with E-state index in [1.807, 2.05) is 0 Å². The van der Waals surface area contributed by atoms with Gasteiger partial charge >= 0.3 is 0 Å². The van der Waals surface area contributed by atoms with Crippen LogP contribution < -0.4 is 5.73 Å². The fourth-order valence-corrected chi connectivity index (χ4v) is 1.28. The Morgan fingerprint density at radius 2 is 2.50 bits per heavy atom. The molecular formula is C6H10N4. The molecule has 0 amide bonds. The summed E-state index contributed by atoms with van der Waals surface area (Å²) in [5.74, 6) is 0.457. The molecule has 2 rings (SSSR count). The molecule has 1 fully saturated rings. The summed E-state index contributed by atoms with van der Waals surface area (Å²) in [6, 6.07) is 0.310. The maximum atomic E-state index is 5.73. The fraction of sp³-hybridized carbons (Fsp3) is 0.667. The van der Waals surface area contributed by atoms with Crippen LogP contribution in [0.4, 0.5) is 0 Å². The van der Waals surface area contributed by atoms with Crippen molar-refractivity contribution in [3.05, 3.63) is 11.9 Å². The van der Waals surface area contributed by atoms with E-state index in [-0.39, 0.29) is 0 Å². The van der Waals surface area contributed by atoms with Crippen molar-refractivity contribution in [3.63, 3.8) is 0 Å². The Balaban J connectivity index is 2.14. The van der Waals surface area contributed by atoms with Gasteiger partial charge in [0.25, 0.3) is 0 Å². The topological polar surface area (TPSA) is 67.6 Å². The quantitative estimate of drug-likeness (QED) is 0.574. The smallest absolute Gasteiger partial charge is 0.0870 e. The van der Waals surface area contributed by atoms with Crippen LogP contribution in [0.25, 0.3) is 0 Å². The van der Waals surface area contributed by atoms with Gasteiger partial charge in [0, 0.05) is 12.0 Å². The Labute approximate surface area is 58.8 Å². The molecule has 0 bridgehead atoms. The Morgan fingerprint density at radius 3 is 2.90 bits per heavy atom. The highest BCUT2D eigenvalue weighted by atomic mass is 15.3. The molecular weight excluding hydrogens is 128 g/mol. The second kappa shape index (κ2) is 2.05. The van der Waals surface area contributed by atoms with E-state index >= 15 is 0 Å². The van der Waals surface area contributed by atoms with E-state index < -0.39 is 0 Å². The van der Waals surface area contributed by atoms with Crippen molar-refractivity contribution < 1.29 is 0 Å². The summed E-state index contributed by atoms with van der Waals surface area (Å²) in [4.78, 5) is 0. The molecule has 4 nitrogen and oxygen atoms in total. The van der Waals surface area contributed by atoms with Gasteiger partial charge in [0.1, 0.15) is 0 Å². The molecule has 10 heavy (non-hydrogen) atoms. The van der Waals surface area contributed by atoms with Gasteiger partial charge in [0.05, 0.1) is 11.9 Å². The van der Waals surface area contributed by atoms with Gasteiger partial charge in [-0.3, -0.25) is 0 Å². The predicted molar refractivity (Wildman–Crippen MR) is 36.3 cm³/mol. The number of hydrogen-bond donors (Lipinski definition) is 2. The van der Waals surface area contributed by atoms with Crippen LogP contribution in [0, 0.1) is 0 Å². The second-order valence-electron chi connectivity index (χ2n) is 2.74. The van der Waals surface area contributed by atoms with Gasteiger partial charge in [-0.15, -0.1) is 0 Å². The van der Waals surface area contributed by atoms with E-state index in [1.165, 1.54) is 0 Å². The largest absolute Gasteiger partial charge is 0.327 e. The molecule has 1 heterocycles. The van der Waals surface area contributed by atoms with E-state index in [9.17, 15) is 0 Å². The van der Waals surface area contributed by atoms with Crippen molar-refractivity contribution in [1.29, 1.82) is 0 Å². The average molecular weight is 138 g/mol. The Kier molecular flexibility index (Phi) is 1.20. The van der Waals surface area contributed by atoms with E-state index in [1.54, 1.807) is 6.20 Å². The lowest BCUT2D eigenvalue weighted by Gasteiger charge is -2.31. The van der Waals surface area contributed by atoms with Gasteiger partial charge in [-0.1, -0.05) is 0 Å². The normalized spacial score (nSPS) is 31.7. The number of hydrogen-bond acceptors (Lipinski definition) is 3. The zero-order valence-electron chi connectivity index (χ0n) is 5.62. The van der Waals surface area contributed by atoms with E-state index in [2.05, 4.69) is 15.4 Å². The van der Waals surface area contributed by atoms with Crippen molar-refractivity contribution >= 4 is 0 Å². The molecule has 1 aliphatic rings. The SMILES string of the molecule is N[C@@H]1CC[C@H]1c1cn[nH]n1. The molecule has 0 spiro atoms. The number of nitrogens with two attached hydrogens (primary N) is 1. The number of nitrogens with zero attached hydrogens (tertiary/aromatic N) is 2. The van der Waals surface area contributed by atoms with Gasteiger partial charge in [0.2, 0.25) is 0 Å². The molecule has 2 atom stereocenters. The highest BCUT2D eigenvalue weighted by Crippen LogP contribution is 2.33. The molecule has 1 aromatic rings. The second-order valence-corrected chi connectivity index (χ2v) is 2.74. The minimum Gasteiger partial charge on any atom is -0.327 e. The van der Waals surface area contributed by atoms with Crippen LogP contribution in [0.15, 0.2) is 6.20 Å². The molecule has 3 N–H and O–H groups in total. The van der Waals surface area contributed by atoms with Crippen LogP contribution in [-0.2, 0) is 0 Å². The van der Waals surface area contributed by atoms with Crippen LogP contribution in [-0.4, -0.2) is 21.5 Å². The van der Waals surface area contributed by atoms with Crippen molar-refractivity contribution in [2.45, 2.75) is 24.8 Å². The standard InChI is InChI=1S/C6H10N4/c7-5-2-1-4(5)6-3-8-10-9-6/h3-5H,1-2,7H2,(H,8,9,10)/t4-,5-/m1/s1. The highest BCUT2D eigenvalue weighted by molar-refractivity contribution is 5.10. The zero-order valence-corrected chi connectivity index (χ0v) is 5.62.